The first kappa shape index (κ1) is 13.6. The summed E-state index contributed by atoms with van der Waals surface area (Å²) in [4.78, 5) is 14.1. The van der Waals surface area contributed by atoms with Crippen molar-refractivity contribution >= 4 is 22.4 Å². The lowest BCUT2D eigenvalue weighted by molar-refractivity contribution is -0.119. The summed E-state index contributed by atoms with van der Waals surface area (Å²) in [5, 5.41) is 2.22. The lowest BCUT2D eigenvalue weighted by atomic mass is 10.1. The number of amides is 1. The Kier molecular flexibility index (Phi) is 4.17. The zero-order valence-corrected chi connectivity index (χ0v) is 11.5. The van der Waals surface area contributed by atoms with E-state index >= 15 is 0 Å². The van der Waals surface area contributed by atoms with Crippen LogP contribution in [0.3, 0.4) is 0 Å². The fraction of sp³-hybridized carbons (Fsp3) is 0.312. The molecule has 2 N–H and O–H groups in total. The van der Waals surface area contributed by atoms with E-state index in [1.54, 1.807) is 4.90 Å². The number of nitrogens with zero attached hydrogens (tertiary/aromatic N) is 1. The molecule has 2 aromatic carbocycles. The van der Waals surface area contributed by atoms with Gasteiger partial charge in [-0.3, -0.25) is 4.79 Å². The lowest BCUT2D eigenvalue weighted by Gasteiger charge is -2.25. The topological polar surface area (TPSA) is 46.3 Å². The van der Waals surface area contributed by atoms with Crippen LogP contribution < -0.4 is 10.6 Å². The summed E-state index contributed by atoms with van der Waals surface area (Å²) in [5.41, 5.74) is 6.82. The molecule has 0 heterocycles. The summed E-state index contributed by atoms with van der Waals surface area (Å²) in [6.45, 7) is 4.53. The number of rotatable bonds is 4. The summed E-state index contributed by atoms with van der Waals surface area (Å²) in [6, 6.07) is 13.7. The van der Waals surface area contributed by atoms with Gasteiger partial charge in [-0.2, -0.15) is 0 Å². The van der Waals surface area contributed by atoms with E-state index in [0.717, 1.165) is 16.5 Å². The predicted octanol–water partition coefficient (Wildman–Crippen LogP) is 2.93. The van der Waals surface area contributed by atoms with E-state index in [1.807, 2.05) is 44.2 Å². The summed E-state index contributed by atoms with van der Waals surface area (Å²) >= 11 is 0. The van der Waals surface area contributed by atoms with Gasteiger partial charge in [0.1, 0.15) is 0 Å². The molecule has 100 valence electrons. The number of carbonyl (C=O) groups is 1. The molecule has 0 fully saturated rings. The zero-order valence-electron chi connectivity index (χ0n) is 11.5. The quantitative estimate of drug-likeness (QED) is 0.914. The van der Waals surface area contributed by atoms with Crippen LogP contribution in [-0.4, -0.2) is 18.5 Å². The third-order valence-electron chi connectivity index (χ3n) is 3.40. The van der Waals surface area contributed by atoms with E-state index in [2.05, 4.69) is 12.1 Å². The first-order valence-electron chi connectivity index (χ1n) is 6.73. The van der Waals surface area contributed by atoms with Gasteiger partial charge in [0.25, 0.3) is 0 Å². The van der Waals surface area contributed by atoms with Crippen LogP contribution in [0.5, 0.6) is 0 Å². The maximum absolute atomic E-state index is 12.4. The molecular weight excluding hydrogens is 236 g/mol. The highest BCUT2D eigenvalue weighted by molar-refractivity contribution is 6.05. The van der Waals surface area contributed by atoms with Crippen LogP contribution in [0, 0.1) is 0 Å². The molecule has 0 saturated heterocycles. The highest BCUT2D eigenvalue weighted by atomic mass is 16.2. The standard InChI is InChI=1S/C16H20N2O/c1-3-14(17)16(19)18(4-2)15-11-7-9-12-8-5-6-10-13(12)15/h5-11,14H,3-4,17H2,1-2H3/t14-/m1/s1. The van der Waals surface area contributed by atoms with Crippen LogP contribution in [-0.2, 0) is 4.79 Å². The maximum atomic E-state index is 12.4. The van der Waals surface area contributed by atoms with Gasteiger partial charge in [-0.1, -0.05) is 43.3 Å². The van der Waals surface area contributed by atoms with Crippen LogP contribution in [0.15, 0.2) is 42.5 Å². The molecule has 0 radical (unpaired) electrons. The second-order valence-corrected chi connectivity index (χ2v) is 4.60. The van der Waals surface area contributed by atoms with Gasteiger partial charge in [-0.25, -0.2) is 0 Å². The van der Waals surface area contributed by atoms with E-state index < -0.39 is 6.04 Å². The molecule has 2 aromatic rings. The first-order chi connectivity index (χ1) is 9.19. The molecule has 0 aliphatic heterocycles. The average molecular weight is 256 g/mol. The molecule has 19 heavy (non-hydrogen) atoms. The predicted molar refractivity (Wildman–Crippen MR) is 80.2 cm³/mol. The Morgan fingerprint density at radius 2 is 1.84 bits per heavy atom. The van der Waals surface area contributed by atoms with Gasteiger partial charge in [-0.05, 0) is 24.8 Å². The van der Waals surface area contributed by atoms with Crippen molar-refractivity contribution in [3.63, 3.8) is 0 Å². The molecule has 0 bridgehead atoms. The molecule has 0 aliphatic carbocycles. The minimum Gasteiger partial charge on any atom is -0.320 e. The fourth-order valence-corrected chi connectivity index (χ4v) is 2.26. The van der Waals surface area contributed by atoms with Crippen LogP contribution in [0.4, 0.5) is 5.69 Å². The lowest BCUT2D eigenvalue weighted by Crippen LogP contribution is -2.43. The van der Waals surface area contributed by atoms with E-state index in [1.165, 1.54) is 0 Å². The van der Waals surface area contributed by atoms with Gasteiger partial charge < -0.3 is 10.6 Å². The Labute approximate surface area is 114 Å². The maximum Gasteiger partial charge on any atom is 0.243 e. The highest BCUT2D eigenvalue weighted by Crippen LogP contribution is 2.27. The Balaban J connectivity index is 2.49. The van der Waals surface area contributed by atoms with Crippen molar-refractivity contribution in [3.8, 4) is 0 Å². The summed E-state index contributed by atoms with van der Waals surface area (Å²) in [5.74, 6) is -0.0126. The highest BCUT2D eigenvalue weighted by Gasteiger charge is 2.20. The van der Waals surface area contributed by atoms with E-state index in [4.69, 9.17) is 5.73 Å². The largest absolute Gasteiger partial charge is 0.320 e. The first-order valence-corrected chi connectivity index (χ1v) is 6.73. The molecule has 0 aliphatic rings. The number of carbonyl (C=O) groups excluding carboxylic acids is 1. The number of benzene rings is 2. The second-order valence-electron chi connectivity index (χ2n) is 4.60. The third kappa shape index (κ3) is 2.61. The van der Waals surface area contributed by atoms with Gasteiger partial charge in [0.15, 0.2) is 0 Å². The fourth-order valence-electron chi connectivity index (χ4n) is 2.26. The Hall–Kier alpha value is -1.87. The number of anilines is 1. The molecule has 3 nitrogen and oxygen atoms in total. The molecular formula is C16H20N2O. The number of likely N-dealkylation sites (N-methyl/N-ethyl adjacent to an activating group) is 1. The van der Waals surface area contributed by atoms with Crippen molar-refractivity contribution in [2.75, 3.05) is 11.4 Å². The van der Waals surface area contributed by atoms with E-state index in [-0.39, 0.29) is 5.91 Å². The van der Waals surface area contributed by atoms with Crippen molar-refractivity contribution in [2.24, 2.45) is 5.73 Å². The van der Waals surface area contributed by atoms with Crippen LogP contribution in [0.1, 0.15) is 20.3 Å². The van der Waals surface area contributed by atoms with Crippen LogP contribution >= 0.6 is 0 Å². The van der Waals surface area contributed by atoms with Crippen molar-refractivity contribution in [3.05, 3.63) is 42.5 Å². The number of hydrogen-bond acceptors (Lipinski definition) is 2. The van der Waals surface area contributed by atoms with Gasteiger partial charge in [-0.15, -0.1) is 0 Å². The molecule has 1 atom stereocenters. The molecule has 0 unspecified atom stereocenters. The van der Waals surface area contributed by atoms with E-state index in [0.29, 0.717) is 13.0 Å². The summed E-state index contributed by atoms with van der Waals surface area (Å²) < 4.78 is 0. The van der Waals surface area contributed by atoms with Crippen LogP contribution in [0.25, 0.3) is 10.8 Å². The van der Waals surface area contributed by atoms with Gasteiger partial charge >= 0.3 is 0 Å². The Bertz CT molecular complexity index is 574. The van der Waals surface area contributed by atoms with Crippen molar-refractivity contribution in [1.82, 2.24) is 0 Å². The van der Waals surface area contributed by atoms with Gasteiger partial charge in [0, 0.05) is 11.9 Å². The minimum atomic E-state index is -0.432. The normalized spacial score (nSPS) is 12.4. The number of fused-ring (bicyclic) bond motifs is 1. The average Bonchev–Trinajstić information content (AvgIpc) is 2.47. The minimum absolute atomic E-state index is 0.0126. The molecule has 2 rings (SSSR count). The van der Waals surface area contributed by atoms with Gasteiger partial charge in [0.05, 0.1) is 11.7 Å². The van der Waals surface area contributed by atoms with E-state index in [9.17, 15) is 4.79 Å². The zero-order chi connectivity index (χ0) is 13.8. The number of hydrogen-bond donors (Lipinski definition) is 1. The SMILES string of the molecule is CC[C@@H](N)C(=O)N(CC)c1cccc2ccccc12. The van der Waals surface area contributed by atoms with Crippen molar-refractivity contribution < 1.29 is 4.79 Å². The smallest absolute Gasteiger partial charge is 0.243 e. The monoisotopic (exact) mass is 256 g/mol. The molecule has 0 spiro atoms. The second kappa shape index (κ2) is 5.85. The third-order valence-corrected chi connectivity index (χ3v) is 3.40. The Morgan fingerprint density at radius 1 is 1.16 bits per heavy atom. The summed E-state index contributed by atoms with van der Waals surface area (Å²) in [7, 11) is 0. The Morgan fingerprint density at radius 3 is 2.53 bits per heavy atom. The molecule has 1 amide bonds. The van der Waals surface area contributed by atoms with Crippen molar-refractivity contribution in [2.45, 2.75) is 26.3 Å². The molecule has 0 saturated carbocycles. The van der Waals surface area contributed by atoms with Gasteiger partial charge in [0.2, 0.25) is 5.91 Å². The van der Waals surface area contributed by atoms with Crippen molar-refractivity contribution in [1.29, 1.82) is 0 Å². The molecule has 3 heteroatoms. The molecule has 0 aromatic heterocycles. The summed E-state index contributed by atoms with van der Waals surface area (Å²) in [6.07, 6.45) is 0.653. The number of nitrogens with two attached hydrogens (primary N) is 1. The van der Waals surface area contributed by atoms with Crippen LogP contribution in [0.2, 0.25) is 0 Å².